The minimum Gasteiger partial charge on any atom is -0.0622 e. The summed E-state index contributed by atoms with van der Waals surface area (Å²) in [5.74, 6) is 0. The van der Waals surface area contributed by atoms with Gasteiger partial charge in [0.25, 0.3) is 0 Å². The normalized spacial score (nSPS) is 11.4. The number of hydrogen-bond donors (Lipinski definition) is 0. The van der Waals surface area contributed by atoms with Crippen molar-refractivity contribution >= 4 is 32.3 Å². The predicted molar refractivity (Wildman–Crippen MR) is 274 cm³/mol. The Bertz CT molecular complexity index is 3150. The van der Waals surface area contributed by atoms with Crippen LogP contribution in [0.1, 0.15) is 0 Å². The predicted octanol–water partition coefficient (Wildman–Crippen LogP) is 17.9. The molecule has 0 bridgehead atoms. The second kappa shape index (κ2) is 15.9. The van der Waals surface area contributed by atoms with Crippen LogP contribution in [0.15, 0.2) is 255 Å². The molecular formula is C64H42. The molecule has 0 spiro atoms. The lowest BCUT2D eigenvalue weighted by Crippen LogP contribution is -1.95. The van der Waals surface area contributed by atoms with Crippen molar-refractivity contribution in [2.24, 2.45) is 0 Å². The number of benzene rings is 12. The van der Waals surface area contributed by atoms with E-state index in [4.69, 9.17) is 0 Å². The summed E-state index contributed by atoms with van der Waals surface area (Å²) >= 11 is 0. The molecule has 0 heteroatoms. The van der Waals surface area contributed by atoms with Crippen LogP contribution in [0.5, 0.6) is 0 Å². The van der Waals surface area contributed by atoms with Crippen molar-refractivity contribution in [2.45, 2.75) is 0 Å². The molecule has 0 saturated heterocycles. The van der Waals surface area contributed by atoms with Gasteiger partial charge in [0, 0.05) is 0 Å². The van der Waals surface area contributed by atoms with Crippen LogP contribution in [0.2, 0.25) is 0 Å². The Morgan fingerprint density at radius 2 is 0.344 bits per heavy atom. The van der Waals surface area contributed by atoms with Gasteiger partial charge in [-0.2, -0.15) is 0 Å². The molecule has 0 N–H and O–H groups in total. The van der Waals surface area contributed by atoms with Gasteiger partial charge in [-0.3, -0.25) is 0 Å². The zero-order valence-corrected chi connectivity index (χ0v) is 35.2. The molecule has 0 aromatic heterocycles. The van der Waals surface area contributed by atoms with Crippen LogP contribution >= 0.6 is 0 Å². The van der Waals surface area contributed by atoms with E-state index in [1.54, 1.807) is 0 Å². The maximum Gasteiger partial charge on any atom is -0.00139 e. The second-order valence-electron chi connectivity index (χ2n) is 16.8. The average Bonchev–Trinajstić information content (AvgIpc) is 3.39. The van der Waals surface area contributed by atoms with Gasteiger partial charge in [0.05, 0.1) is 0 Å². The zero-order chi connectivity index (χ0) is 42.4. The molecule has 0 fully saturated rings. The Balaban J connectivity index is 1.18. The molecule has 0 unspecified atom stereocenters. The third-order valence-corrected chi connectivity index (χ3v) is 13.0. The highest BCUT2D eigenvalue weighted by Crippen LogP contribution is 2.49. The summed E-state index contributed by atoms with van der Waals surface area (Å²) < 4.78 is 0. The maximum absolute atomic E-state index is 2.45. The minimum absolute atomic E-state index is 1.20. The van der Waals surface area contributed by atoms with E-state index >= 15 is 0 Å². The molecule has 12 rings (SSSR count). The van der Waals surface area contributed by atoms with Gasteiger partial charge < -0.3 is 0 Å². The number of hydrogen-bond acceptors (Lipinski definition) is 0. The van der Waals surface area contributed by atoms with Crippen LogP contribution in [0.4, 0.5) is 0 Å². The van der Waals surface area contributed by atoms with Crippen LogP contribution in [0.25, 0.3) is 121 Å². The molecule has 0 heterocycles. The molecule has 0 aliphatic carbocycles. The van der Waals surface area contributed by atoms with Gasteiger partial charge in [0.15, 0.2) is 0 Å². The van der Waals surface area contributed by atoms with Crippen molar-refractivity contribution in [2.75, 3.05) is 0 Å². The van der Waals surface area contributed by atoms with Crippen LogP contribution in [0, 0.1) is 0 Å². The van der Waals surface area contributed by atoms with E-state index in [1.807, 2.05) is 0 Å². The maximum atomic E-state index is 2.45. The van der Waals surface area contributed by atoms with Crippen molar-refractivity contribution in [3.05, 3.63) is 255 Å². The average molecular weight is 811 g/mol. The lowest BCUT2D eigenvalue weighted by atomic mass is 9.81. The van der Waals surface area contributed by atoms with Crippen LogP contribution in [-0.4, -0.2) is 0 Å². The third-order valence-electron chi connectivity index (χ3n) is 13.0. The van der Waals surface area contributed by atoms with E-state index in [2.05, 4.69) is 255 Å². The van der Waals surface area contributed by atoms with Gasteiger partial charge in [0.1, 0.15) is 0 Å². The summed E-state index contributed by atoms with van der Waals surface area (Å²) in [5, 5.41) is 7.58. The van der Waals surface area contributed by atoms with Gasteiger partial charge >= 0.3 is 0 Å². The smallest absolute Gasteiger partial charge is 0.00139 e. The molecule has 0 atom stereocenters. The summed E-state index contributed by atoms with van der Waals surface area (Å²) in [6.07, 6.45) is 0. The Kier molecular flexibility index (Phi) is 9.28. The Morgan fingerprint density at radius 3 is 0.578 bits per heavy atom. The highest BCUT2D eigenvalue weighted by molar-refractivity contribution is 6.32. The van der Waals surface area contributed by atoms with E-state index in [0.717, 1.165) is 0 Å². The van der Waals surface area contributed by atoms with Gasteiger partial charge in [-0.1, -0.05) is 218 Å². The fourth-order valence-corrected chi connectivity index (χ4v) is 9.94. The first kappa shape index (κ1) is 37.4. The van der Waals surface area contributed by atoms with Crippen molar-refractivity contribution < 1.29 is 0 Å². The standard InChI is InChI=1S/C64H42/c1-5-17-43(18-6-1)47-25-13-29-51(37-47)59-41-60(52-30-14-26-48(38-52)44-19-7-2-8-20-44)56-35-36-58-62(54-32-16-28-50(40-54)46-23-11-4-12-24-46)42-61(57-34-33-55(59)63(56)64(57)58)53-31-15-27-49(39-53)45-21-9-3-10-22-45/h1-42H. The first-order valence-corrected chi connectivity index (χ1v) is 22.2. The van der Waals surface area contributed by atoms with Gasteiger partial charge in [-0.25, -0.2) is 0 Å². The first-order chi connectivity index (χ1) is 31.7. The summed E-state index contributed by atoms with van der Waals surface area (Å²) in [6, 6.07) is 93.7. The fourth-order valence-electron chi connectivity index (χ4n) is 9.94. The molecule has 0 aliphatic rings. The summed E-state index contributed by atoms with van der Waals surface area (Å²) in [7, 11) is 0. The highest BCUT2D eigenvalue weighted by Gasteiger charge is 2.22. The minimum atomic E-state index is 1.20. The lowest BCUT2D eigenvalue weighted by Gasteiger charge is -2.22. The van der Waals surface area contributed by atoms with E-state index < -0.39 is 0 Å². The van der Waals surface area contributed by atoms with Gasteiger partial charge in [-0.15, -0.1) is 0 Å². The molecule has 12 aromatic rings. The van der Waals surface area contributed by atoms with E-state index in [-0.39, 0.29) is 0 Å². The van der Waals surface area contributed by atoms with Crippen molar-refractivity contribution in [3.8, 4) is 89.0 Å². The monoisotopic (exact) mass is 810 g/mol. The molecule has 12 aromatic carbocycles. The molecule has 0 nitrogen and oxygen atoms in total. The first-order valence-electron chi connectivity index (χ1n) is 22.2. The lowest BCUT2D eigenvalue weighted by molar-refractivity contribution is 1.58. The van der Waals surface area contributed by atoms with Crippen LogP contribution < -0.4 is 0 Å². The number of rotatable bonds is 8. The molecule has 0 radical (unpaired) electrons. The summed E-state index contributed by atoms with van der Waals surface area (Å²) in [6.45, 7) is 0. The molecule has 0 saturated carbocycles. The molecule has 0 amide bonds. The topological polar surface area (TPSA) is 0 Å². The largest absolute Gasteiger partial charge is 0.0622 e. The second-order valence-corrected chi connectivity index (χ2v) is 16.8. The highest BCUT2D eigenvalue weighted by atomic mass is 14.2. The molecule has 64 heavy (non-hydrogen) atoms. The third kappa shape index (κ3) is 6.65. The van der Waals surface area contributed by atoms with Crippen LogP contribution in [0.3, 0.4) is 0 Å². The quantitative estimate of drug-likeness (QED) is 0.134. The summed E-state index contributed by atoms with van der Waals surface area (Å²) in [4.78, 5) is 0. The molecule has 0 aliphatic heterocycles. The fraction of sp³-hybridized carbons (Fsp3) is 0. The molecule has 298 valence electrons. The Morgan fingerprint density at radius 1 is 0.141 bits per heavy atom. The van der Waals surface area contributed by atoms with Crippen molar-refractivity contribution in [1.29, 1.82) is 0 Å². The molecular weight excluding hydrogens is 769 g/mol. The van der Waals surface area contributed by atoms with Crippen LogP contribution in [-0.2, 0) is 0 Å². The van der Waals surface area contributed by atoms with E-state index in [9.17, 15) is 0 Å². The summed E-state index contributed by atoms with van der Waals surface area (Å²) in [5.41, 5.74) is 19.4. The zero-order valence-electron chi connectivity index (χ0n) is 35.2. The van der Waals surface area contributed by atoms with E-state index in [1.165, 1.54) is 121 Å². The van der Waals surface area contributed by atoms with E-state index in [0.29, 0.717) is 0 Å². The SMILES string of the molecule is c1ccc(-c2cccc(-c3cc(-c4cccc(-c5ccccc5)c4)c4ccc5c(-c6cccc(-c7ccccc7)c6)cc(-c6cccc(-c7ccccc7)c6)c6ccc3c4c65)c2)cc1. The van der Waals surface area contributed by atoms with Gasteiger partial charge in [-0.05, 0) is 158 Å². The Labute approximate surface area is 374 Å². The van der Waals surface area contributed by atoms with Crippen molar-refractivity contribution in [1.82, 2.24) is 0 Å². The van der Waals surface area contributed by atoms with Gasteiger partial charge in [0.2, 0.25) is 0 Å². The Hall–Kier alpha value is -8.32. The van der Waals surface area contributed by atoms with Crippen molar-refractivity contribution in [3.63, 3.8) is 0 Å².